The highest BCUT2D eigenvalue weighted by atomic mass is 32.2. The molecule has 0 aliphatic carbocycles. The van der Waals surface area contributed by atoms with Gasteiger partial charge in [-0.3, -0.25) is 4.79 Å². The molecule has 1 unspecified atom stereocenters. The summed E-state index contributed by atoms with van der Waals surface area (Å²) >= 11 is 0. The summed E-state index contributed by atoms with van der Waals surface area (Å²) in [5, 5.41) is 0. The molecule has 1 aliphatic heterocycles. The number of amides is 1. The zero-order valence-corrected chi connectivity index (χ0v) is 17.2. The van der Waals surface area contributed by atoms with Crippen LogP contribution < -0.4 is 4.72 Å². The predicted octanol–water partition coefficient (Wildman–Crippen LogP) is 1.33. The van der Waals surface area contributed by atoms with Crippen LogP contribution in [-0.2, 0) is 26.4 Å². The van der Waals surface area contributed by atoms with Crippen LogP contribution in [0.25, 0.3) is 0 Å². The van der Waals surface area contributed by atoms with Crippen molar-refractivity contribution in [3.63, 3.8) is 0 Å². The first-order chi connectivity index (χ1) is 13.1. The Morgan fingerprint density at radius 1 is 1.21 bits per heavy atom. The summed E-state index contributed by atoms with van der Waals surface area (Å²) in [6.45, 7) is 2.12. The maximum Gasteiger partial charge on any atom is 0.254 e. The van der Waals surface area contributed by atoms with Crippen molar-refractivity contribution in [2.75, 3.05) is 18.6 Å². The van der Waals surface area contributed by atoms with E-state index in [9.17, 15) is 21.6 Å². The number of nitrogens with one attached hydrogen (secondary N) is 1. The third kappa shape index (κ3) is 4.81. The number of nitrogens with zero attached hydrogens (tertiary/aromatic N) is 1. The van der Waals surface area contributed by atoms with E-state index in [1.165, 1.54) is 29.2 Å². The predicted molar refractivity (Wildman–Crippen MR) is 103 cm³/mol. The molecule has 1 fully saturated rings. The van der Waals surface area contributed by atoms with Crippen molar-refractivity contribution in [1.29, 1.82) is 0 Å². The van der Waals surface area contributed by atoms with Crippen molar-refractivity contribution in [3.05, 3.63) is 53.5 Å². The fourth-order valence-electron chi connectivity index (χ4n) is 3.05. The molecular weight excluding hydrogens is 404 g/mol. The van der Waals surface area contributed by atoms with Gasteiger partial charge in [-0.15, -0.1) is 0 Å². The van der Waals surface area contributed by atoms with E-state index in [0.717, 1.165) is 5.76 Å². The zero-order valence-electron chi connectivity index (χ0n) is 15.6. The molecule has 1 atom stereocenters. The second-order valence-electron chi connectivity index (χ2n) is 6.92. The molecule has 10 heteroatoms. The number of sulfonamides is 1. The molecule has 2 aromatic rings. The summed E-state index contributed by atoms with van der Waals surface area (Å²) in [5.74, 6) is 0.929. The molecule has 0 bridgehead atoms. The van der Waals surface area contributed by atoms with Crippen LogP contribution in [0.5, 0.6) is 0 Å². The number of hydrogen-bond acceptors (Lipinski definition) is 6. The van der Waals surface area contributed by atoms with Crippen LogP contribution >= 0.6 is 0 Å². The van der Waals surface area contributed by atoms with Crippen molar-refractivity contribution in [3.8, 4) is 0 Å². The minimum Gasteiger partial charge on any atom is -0.464 e. The number of carbonyl (C=O) groups excluding carboxylic acids is 1. The average molecular weight is 427 g/mol. The molecule has 1 aromatic heterocycles. The normalized spacial score (nSPS) is 18.9. The average Bonchev–Trinajstić information content (AvgIpc) is 3.18. The van der Waals surface area contributed by atoms with Crippen LogP contribution in [0.4, 0.5) is 0 Å². The lowest BCUT2D eigenvalue weighted by Crippen LogP contribution is -2.35. The Kier molecular flexibility index (Phi) is 5.64. The Labute approximate surface area is 164 Å². The molecule has 1 aliphatic rings. The topological polar surface area (TPSA) is 114 Å². The maximum absolute atomic E-state index is 12.5. The third-order valence-electron chi connectivity index (χ3n) is 4.50. The molecule has 3 rings (SSSR count). The third-order valence-corrected chi connectivity index (χ3v) is 7.81. The number of furan rings is 1. The first-order valence-corrected chi connectivity index (χ1v) is 12.0. The fraction of sp³-hybridized carbons (Fsp3) is 0.389. The maximum atomic E-state index is 12.5. The molecular formula is C18H22N2O6S2. The molecule has 2 heterocycles. The van der Waals surface area contributed by atoms with Crippen molar-refractivity contribution < 1.29 is 26.0 Å². The summed E-state index contributed by atoms with van der Waals surface area (Å²) in [7, 11) is -5.41. The Hall–Kier alpha value is -2.17. The van der Waals surface area contributed by atoms with Crippen molar-refractivity contribution in [1.82, 2.24) is 9.62 Å². The van der Waals surface area contributed by atoms with E-state index >= 15 is 0 Å². The van der Waals surface area contributed by atoms with Crippen LogP contribution in [0.3, 0.4) is 0 Å². The Morgan fingerprint density at radius 2 is 1.89 bits per heavy atom. The molecule has 0 radical (unpaired) electrons. The number of carbonyl (C=O) groups is 1. The van der Waals surface area contributed by atoms with E-state index in [1.54, 1.807) is 13.1 Å². The van der Waals surface area contributed by atoms with Gasteiger partial charge < -0.3 is 9.32 Å². The monoisotopic (exact) mass is 426 g/mol. The largest absolute Gasteiger partial charge is 0.464 e. The number of benzene rings is 1. The van der Waals surface area contributed by atoms with E-state index in [-0.39, 0.29) is 28.7 Å². The van der Waals surface area contributed by atoms with Crippen LogP contribution in [0, 0.1) is 6.92 Å². The summed E-state index contributed by atoms with van der Waals surface area (Å²) in [5.41, 5.74) is 0.341. The van der Waals surface area contributed by atoms with Gasteiger partial charge in [0.05, 0.1) is 22.9 Å². The molecule has 1 aromatic carbocycles. The smallest absolute Gasteiger partial charge is 0.254 e. The van der Waals surface area contributed by atoms with E-state index in [0.29, 0.717) is 17.9 Å². The molecule has 1 amide bonds. The van der Waals surface area contributed by atoms with E-state index < -0.39 is 25.9 Å². The van der Waals surface area contributed by atoms with Crippen LogP contribution in [0.2, 0.25) is 0 Å². The van der Waals surface area contributed by atoms with Crippen LogP contribution in [-0.4, -0.2) is 52.2 Å². The Balaban J connectivity index is 1.67. The van der Waals surface area contributed by atoms with E-state index in [2.05, 4.69) is 4.72 Å². The van der Waals surface area contributed by atoms with Crippen LogP contribution in [0.1, 0.15) is 28.3 Å². The van der Waals surface area contributed by atoms with Gasteiger partial charge in [-0.2, -0.15) is 0 Å². The lowest BCUT2D eigenvalue weighted by molar-refractivity contribution is 0.0775. The molecule has 28 heavy (non-hydrogen) atoms. The second kappa shape index (κ2) is 7.69. The van der Waals surface area contributed by atoms with Gasteiger partial charge in [0.1, 0.15) is 11.5 Å². The van der Waals surface area contributed by atoms with Crippen molar-refractivity contribution in [2.45, 2.75) is 30.8 Å². The van der Waals surface area contributed by atoms with Gasteiger partial charge in [0.25, 0.3) is 5.91 Å². The standard InChI is InChI=1S/C18H22N2O6S2/c1-13-3-6-16(26-13)11-20(2)18(21)14-4-7-17(8-5-14)28(24,25)19-15-9-10-27(22,23)12-15/h3-8,15,19H,9-12H2,1-2H3. The highest BCUT2D eigenvalue weighted by Gasteiger charge is 2.31. The lowest BCUT2D eigenvalue weighted by atomic mass is 10.2. The zero-order chi connectivity index (χ0) is 20.5. The van der Waals surface area contributed by atoms with E-state index in [1.807, 2.05) is 13.0 Å². The van der Waals surface area contributed by atoms with Gasteiger partial charge in [-0.05, 0) is 49.7 Å². The van der Waals surface area contributed by atoms with Gasteiger partial charge in [-0.1, -0.05) is 0 Å². The highest BCUT2D eigenvalue weighted by Crippen LogP contribution is 2.17. The van der Waals surface area contributed by atoms with Crippen molar-refractivity contribution in [2.24, 2.45) is 0 Å². The SMILES string of the molecule is Cc1ccc(CN(C)C(=O)c2ccc(S(=O)(=O)NC3CCS(=O)(=O)C3)cc2)o1. The first kappa shape index (κ1) is 20.6. The molecule has 152 valence electrons. The quantitative estimate of drug-likeness (QED) is 0.745. The van der Waals surface area contributed by atoms with Crippen molar-refractivity contribution >= 4 is 25.8 Å². The minimum atomic E-state index is -3.86. The summed E-state index contributed by atoms with van der Waals surface area (Å²) in [6, 6.07) is 8.53. The number of rotatable bonds is 6. The molecule has 0 spiro atoms. The molecule has 1 saturated heterocycles. The Morgan fingerprint density at radius 3 is 2.43 bits per heavy atom. The van der Waals surface area contributed by atoms with E-state index in [4.69, 9.17) is 4.42 Å². The fourth-order valence-corrected chi connectivity index (χ4v) is 6.10. The first-order valence-electron chi connectivity index (χ1n) is 8.69. The number of aryl methyl sites for hydroxylation is 1. The number of hydrogen-bond donors (Lipinski definition) is 1. The molecule has 1 N–H and O–H groups in total. The lowest BCUT2D eigenvalue weighted by Gasteiger charge is -2.16. The summed E-state index contributed by atoms with van der Waals surface area (Å²) < 4.78 is 55.8. The molecule has 0 saturated carbocycles. The second-order valence-corrected chi connectivity index (χ2v) is 10.9. The van der Waals surface area contributed by atoms with Gasteiger partial charge >= 0.3 is 0 Å². The molecule has 8 nitrogen and oxygen atoms in total. The van der Waals surface area contributed by atoms with Gasteiger partial charge in [-0.25, -0.2) is 21.6 Å². The number of sulfone groups is 1. The minimum absolute atomic E-state index is 0.0161. The van der Waals surface area contributed by atoms with Crippen LogP contribution in [0.15, 0.2) is 45.7 Å². The summed E-state index contributed by atoms with van der Waals surface area (Å²) in [6.07, 6.45) is 0.259. The van der Waals surface area contributed by atoms with Gasteiger partial charge in [0.15, 0.2) is 9.84 Å². The van der Waals surface area contributed by atoms with Gasteiger partial charge in [0, 0.05) is 18.7 Å². The van der Waals surface area contributed by atoms with Gasteiger partial charge in [0.2, 0.25) is 10.0 Å². The highest BCUT2D eigenvalue weighted by molar-refractivity contribution is 7.92. The Bertz CT molecular complexity index is 1070. The summed E-state index contributed by atoms with van der Waals surface area (Å²) in [4.78, 5) is 14.0.